The molecular weight excluding hydrogens is 364 g/mol. The molecular formula is C20H24N2O6. The second-order valence-corrected chi connectivity index (χ2v) is 6.80. The molecule has 1 aromatic carbocycles. The van der Waals surface area contributed by atoms with Crippen LogP contribution in [-0.4, -0.2) is 49.0 Å². The molecule has 150 valence electrons. The van der Waals surface area contributed by atoms with Gasteiger partial charge in [-0.2, -0.15) is 0 Å². The molecule has 0 spiro atoms. The lowest BCUT2D eigenvalue weighted by molar-refractivity contribution is -0.137. The van der Waals surface area contributed by atoms with Gasteiger partial charge in [0.1, 0.15) is 11.3 Å². The maximum absolute atomic E-state index is 12.4. The molecule has 1 atom stereocenters. The fraction of sp³-hybridized carbons (Fsp3) is 0.450. The predicted molar refractivity (Wildman–Crippen MR) is 101 cm³/mol. The Morgan fingerprint density at radius 3 is 2.82 bits per heavy atom. The highest BCUT2D eigenvalue weighted by Crippen LogP contribution is 2.29. The minimum absolute atomic E-state index is 0.0603. The number of rotatable bonds is 6. The zero-order chi connectivity index (χ0) is 20.3. The highest BCUT2D eigenvalue weighted by molar-refractivity contribution is 5.97. The first kappa shape index (κ1) is 19.7. The van der Waals surface area contributed by atoms with Crippen molar-refractivity contribution >= 4 is 28.8 Å². The van der Waals surface area contributed by atoms with Gasteiger partial charge >= 0.3 is 5.97 Å². The van der Waals surface area contributed by atoms with Crippen LogP contribution < -0.4 is 10.5 Å². The number of furan rings is 1. The van der Waals surface area contributed by atoms with Gasteiger partial charge in [-0.25, -0.2) is 4.79 Å². The summed E-state index contributed by atoms with van der Waals surface area (Å²) in [6.45, 7) is 4.54. The molecule has 1 saturated heterocycles. The van der Waals surface area contributed by atoms with Gasteiger partial charge < -0.3 is 24.5 Å². The summed E-state index contributed by atoms with van der Waals surface area (Å²) in [6.07, 6.45) is 1.36. The van der Waals surface area contributed by atoms with E-state index in [0.717, 1.165) is 5.39 Å². The Kier molecular flexibility index (Phi) is 5.87. The van der Waals surface area contributed by atoms with Crippen molar-refractivity contribution in [2.24, 2.45) is 11.7 Å². The molecule has 1 fully saturated rings. The van der Waals surface area contributed by atoms with Gasteiger partial charge in [0, 0.05) is 24.0 Å². The molecule has 0 unspecified atom stereocenters. The minimum atomic E-state index is -0.705. The lowest BCUT2D eigenvalue weighted by Crippen LogP contribution is -2.45. The Morgan fingerprint density at radius 1 is 1.32 bits per heavy atom. The number of carbonyl (C=O) groups excluding carboxylic acids is 3. The van der Waals surface area contributed by atoms with E-state index in [-0.39, 0.29) is 24.1 Å². The summed E-state index contributed by atoms with van der Waals surface area (Å²) >= 11 is 0. The van der Waals surface area contributed by atoms with E-state index in [2.05, 4.69) is 0 Å². The van der Waals surface area contributed by atoms with Crippen LogP contribution in [0.4, 0.5) is 0 Å². The summed E-state index contributed by atoms with van der Waals surface area (Å²) in [5.41, 5.74) is 6.49. The molecule has 1 aliphatic rings. The normalized spacial score (nSPS) is 16.8. The third-order valence-corrected chi connectivity index (χ3v) is 4.91. The third-order valence-electron chi connectivity index (χ3n) is 4.91. The topological polar surface area (TPSA) is 112 Å². The molecule has 8 nitrogen and oxygen atoms in total. The molecule has 3 rings (SSSR count). The Hall–Kier alpha value is -3.03. The number of piperidine rings is 1. The zero-order valence-corrected chi connectivity index (χ0v) is 16.0. The number of carbonyl (C=O) groups is 3. The molecule has 2 amide bonds. The Bertz CT molecular complexity index is 903. The average Bonchev–Trinajstić information content (AvgIpc) is 3.02. The van der Waals surface area contributed by atoms with Crippen molar-refractivity contribution in [3.8, 4) is 5.75 Å². The lowest BCUT2D eigenvalue weighted by atomic mass is 9.97. The average molecular weight is 388 g/mol. The van der Waals surface area contributed by atoms with E-state index in [1.54, 1.807) is 25.1 Å². The first-order valence-electron chi connectivity index (χ1n) is 9.30. The van der Waals surface area contributed by atoms with Gasteiger partial charge in [-0.05, 0) is 44.9 Å². The minimum Gasteiger partial charge on any atom is -0.494 e. The number of primary amides is 1. The lowest BCUT2D eigenvalue weighted by Gasteiger charge is -2.30. The van der Waals surface area contributed by atoms with Crippen LogP contribution in [0.5, 0.6) is 5.75 Å². The molecule has 0 radical (unpaired) electrons. The van der Waals surface area contributed by atoms with Crippen molar-refractivity contribution in [2.45, 2.75) is 26.7 Å². The Balaban J connectivity index is 1.65. The summed E-state index contributed by atoms with van der Waals surface area (Å²) in [6, 6.07) is 5.29. The molecule has 2 heterocycles. The van der Waals surface area contributed by atoms with E-state index in [0.29, 0.717) is 42.9 Å². The van der Waals surface area contributed by atoms with Crippen molar-refractivity contribution in [2.75, 3.05) is 26.3 Å². The van der Waals surface area contributed by atoms with E-state index in [4.69, 9.17) is 19.6 Å². The van der Waals surface area contributed by atoms with E-state index in [9.17, 15) is 14.4 Å². The first-order chi connectivity index (χ1) is 13.4. The van der Waals surface area contributed by atoms with Gasteiger partial charge in [-0.1, -0.05) is 0 Å². The van der Waals surface area contributed by atoms with Crippen molar-refractivity contribution in [3.05, 3.63) is 29.5 Å². The van der Waals surface area contributed by atoms with Crippen LogP contribution in [0.3, 0.4) is 0 Å². The van der Waals surface area contributed by atoms with Gasteiger partial charge in [0.25, 0.3) is 5.91 Å². The number of ether oxygens (including phenoxy) is 2. The van der Waals surface area contributed by atoms with Crippen LogP contribution in [-0.2, 0) is 14.3 Å². The van der Waals surface area contributed by atoms with Crippen LogP contribution in [0.2, 0.25) is 0 Å². The second-order valence-electron chi connectivity index (χ2n) is 6.80. The first-order valence-corrected chi connectivity index (χ1v) is 9.30. The summed E-state index contributed by atoms with van der Waals surface area (Å²) in [5, 5.41) is 0.754. The summed E-state index contributed by atoms with van der Waals surface area (Å²) in [4.78, 5) is 37.6. The summed E-state index contributed by atoms with van der Waals surface area (Å²) < 4.78 is 16.2. The third kappa shape index (κ3) is 4.11. The summed E-state index contributed by atoms with van der Waals surface area (Å²) in [7, 11) is 0. The zero-order valence-electron chi connectivity index (χ0n) is 16.0. The van der Waals surface area contributed by atoms with Crippen LogP contribution in [0.15, 0.2) is 22.6 Å². The number of nitrogens with two attached hydrogens (primary N) is 1. The number of likely N-dealkylation sites (tertiary alicyclic amines) is 1. The summed E-state index contributed by atoms with van der Waals surface area (Å²) in [5.74, 6) is -1.09. The van der Waals surface area contributed by atoms with Crippen LogP contribution >= 0.6 is 0 Å². The van der Waals surface area contributed by atoms with Crippen molar-refractivity contribution in [1.29, 1.82) is 0 Å². The maximum Gasteiger partial charge on any atom is 0.375 e. The predicted octanol–water partition coefficient (Wildman–Crippen LogP) is 2.02. The Labute approximate surface area is 162 Å². The van der Waals surface area contributed by atoms with Crippen LogP contribution in [0.25, 0.3) is 11.0 Å². The molecule has 1 aromatic heterocycles. The standard InChI is InChI=1S/C20H24N2O6/c1-3-26-14-6-7-16-15(9-14)12(2)18(28-16)20(25)27-11-17(23)22-8-4-5-13(10-22)19(21)24/h6-7,9,13H,3-5,8,10-11H2,1-2H3,(H2,21,24)/t13-/m0/s1. The van der Waals surface area contributed by atoms with E-state index >= 15 is 0 Å². The van der Waals surface area contributed by atoms with E-state index in [1.165, 1.54) is 4.90 Å². The van der Waals surface area contributed by atoms with Gasteiger partial charge in [0.15, 0.2) is 6.61 Å². The molecule has 1 aliphatic heterocycles. The highest BCUT2D eigenvalue weighted by Gasteiger charge is 2.28. The Morgan fingerprint density at radius 2 is 2.11 bits per heavy atom. The number of nitrogens with zero attached hydrogens (tertiary/aromatic N) is 1. The number of hydrogen-bond acceptors (Lipinski definition) is 6. The van der Waals surface area contributed by atoms with Crippen molar-refractivity contribution in [1.82, 2.24) is 4.90 Å². The molecule has 28 heavy (non-hydrogen) atoms. The van der Waals surface area contributed by atoms with E-state index < -0.39 is 18.5 Å². The number of amides is 2. The molecule has 0 saturated carbocycles. The molecule has 0 aliphatic carbocycles. The van der Waals surface area contributed by atoms with E-state index in [1.807, 2.05) is 6.92 Å². The van der Waals surface area contributed by atoms with Crippen molar-refractivity contribution < 1.29 is 28.3 Å². The monoisotopic (exact) mass is 388 g/mol. The SMILES string of the molecule is CCOc1ccc2oc(C(=O)OCC(=O)N3CCC[C@H](C(N)=O)C3)c(C)c2c1. The molecule has 2 aromatic rings. The quantitative estimate of drug-likeness (QED) is 0.758. The molecule has 2 N–H and O–H groups in total. The second kappa shape index (κ2) is 8.33. The van der Waals surface area contributed by atoms with Gasteiger partial charge in [-0.3, -0.25) is 9.59 Å². The van der Waals surface area contributed by atoms with Gasteiger partial charge in [0.05, 0.1) is 12.5 Å². The van der Waals surface area contributed by atoms with Gasteiger partial charge in [-0.15, -0.1) is 0 Å². The molecule has 8 heteroatoms. The number of benzene rings is 1. The maximum atomic E-state index is 12.4. The van der Waals surface area contributed by atoms with Crippen LogP contribution in [0.1, 0.15) is 35.9 Å². The molecule has 0 bridgehead atoms. The van der Waals surface area contributed by atoms with Crippen molar-refractivity contribution in [3.63, 3.8) is 0 Å². The number of aryl methyl sites for hydroxylation is 1. The fourth-order valence-electron chi connectivity index (χ4n) is 3.37. The fourth-order valence-corrected chi connectivity index (χ4v) is 3.37. The smallest absolute Gasteiger partial charge is 0.375 e. The number of esters is 1. The van der Waals surface area contributed by atoms with Crippen LogP contribution in [0, 0.1) is 12.8 Å². The largest absolute Gasteiger partial charge is 0.494 e. The number of hydrogen-bond donors (Lipinski definition) is 1. The van der Waals surface area contributed by atoms with Gasteiger partial charge in [0.2, 0.25) is 11.7 Å². The number of fused-ring (bicyclic) bond motifs is 1. The highest BCUT2D eigenvalue weighted by atomic mass is 16.5.